The first kappa shape index (κ1) is 20.1. The van der Waals surface area contributed by atoms with E-state index in [-0.39, 0.29) is 33.3 Å². The molecule has 2 aliphatic rings. The molecule has 0 spiro atoms. The molecule has 0 saturated heterocycles. The van der Waals surface area contributed by atoms with Gasteiger partial charge >= 0.3 is 6.18 Å². The van der Waals surface area contributed by atoms with E-state index in [1.54, 1.807) is 0 Å². The zero-order chi connectivity index (χ0) is 21.8. The Labute approximate surface area is 185 Å². The number of ether oxygens (including phenoxy) is 1. The predicted molar refractivity (Wildman–Crippen MR) is 115 cm³/mol. The summed E-state index contributed by atoms with van der Waals surface area (Å²) in [6, 6.07) is 17.3. The van der Waals surface area contributed by atoms with Gasteiger partial charge in [0.05, 0.1) is 11.1 Å². The number of halogens is 4. The fraction of sp³-hybridized carbons (Fsp3) is 0.208. The molecule has 0 amide bonds. The van der Waals surface area contributed by atoms with E-state index in [1.165, 1.54) is 12.1 Å². The first-order valence-corrected chi connectivity index (χ1v) is 10.7. The van der Waals surface area contributed by atoms with E-state index >= 15 is 0 Å². The summed E-state index contributed by atoms with van der Waals surface area (Å²) in [5, 5.41) is 5.04. The molecule has 158 valence electrons. The maximum absolute atomic E-state index is 13.5. The van der Waals surface area contributed by atoms with Gasteiger partial charge in [-0.3, -0.25) is 4.79 Å². The Bertz CT molecular complexity index is 1230. The largest absolute Gasteiger partial charge is 0.462 e. The highest BCUT2D eigenvalue weighted by Crippen LogP contribution is 2.43. The van der Waals surface area contributed by atoms with Crippen molar-refractivity contribution in [2.45, 2.75) is 31.2 Å². The molecule has 1 aliphatic carbocycles. The number of hydrogen-bond acceptors (Lipinski definition) is 3. The van der Waals surface area contributed by atoms with Crippen LogP contribution in [0.25, 0.3) is 16.3 Å². The first-order valence-electron chi connectivity index (χ1n) is 9.89. The second-order valence-electron chi connectivity index (χ2n) is 7.75. The van der Waals surface area contributed by atoms with Crippen molar-refractivity contribution in [2.24, 2.45) is 0 Å². The van der Waals surface area contributed by atoms with Crippen LogP contribution in [0.1, 0.15) is 35.6 Å². The smallest absolute Gasteiger partial charge is 0.417 e. The van der Waals surface area contributed by atoms with Gasteiger partial charge in [0, 0.05) is 16.1 Å². The van der Waals surface area contributed by atoms with Gasteiger partial charge in [-0.25, -0.2) is 0 Å². The Morgan fingerprint density at radius 3 is 2.48 bits per heavy atom. The molecule has 1 heterocycles. The Morgan fingerprint density at radius 1 is 1.00 bits per heavy atom. The maximum Gasteiger partial charge on any atom is 0.417 e. The van der Waals surface area contributed by atoms with Crippen LogP contribution in [0, 0.1) is 0 Å². The number of rotatable bonds is 4. The number of benzene rings is 3. The van der Waals surface area contributed by atoms with E-state index in [1.807, 2.05) is 42.5 Å². The SMILES string of the molecule is O=C1C(c2ccc(Br)c(C(F)(F)F)c2)=C(NC2CC2)OC1c1cccc2ccccc12. The zero-order valence-electron chi connectivity index (χ0n) is 16.2. The van der Waals surface area contributed by atoms with Crippen molar-refractivity contribution in [2.75, 3.05) is 0 Å². The van der Waals surface area contributed by atoms with Crippen molar-refractivity contribution in [3.05, 3.63) is 87.7 Å². The van der Waals surface area contributed by atoms with Crippen molar-refractivity contribution < 1.29 is 22.7 Å². The van der Waals surface area contributed by atoms with Crippen LogP contribution in [0.4, 0.5) is 13.2 Å². The average molecular weight is 488 g/mol. The lowest BCUT2D eigenvalue weighted by Gasteiger charge is -2.15. The number of hydrogen-bond donors (Lipinski definition) is 1. The highest BCUT2D eigenvalue weighted by atomic mass is 79.9. The molecule has 1 atom stereocenters. The van der Waals surface area contributed by atoms with E-state index in [2.05, 4.69) is 21.2 Å². The summed E-state index contributed by atoms with van der Waals surface area (Å²) in [4.78, 5) is 13.5. The number of Topliss-reactive ketones (excluding diaryl/α,β-unsaturated/α-hetero) is 1. The van der Waals surface area contributed by atoms with Gasteiger partial charge in [0.15, 0.2) is 12.0 Å². The summed E-state index contributed by atoms with van der Waals surface area (Å²) < 4.78 is 46.4. The van der Waals surface area contributed by atoms with E-state index in [0.717, 1.165) is 29.7 Å². The molecule has 3 nitrogen and oxygen atoms in total. The van der Waals surface area contributed by atoms with Crippen LogP contribution in [0.5, 0.6) is 0 Å². The Morgan fingerprint density at radius 2 is 1.74 bits per heavy atom. The molecule has 3 aromatic carbocycles. The molecule has 1 N–H and O–H groups in total. The third-order valence-corrected chi connectivity index (χ3v) is 6.22. The van der Waals surface area contributed by atoms with Gasteiger partial charge < -0.3 is 10.1 Å². The summed E-state index contributed by atoms with van der Waals surface area (Å²) in [7, 11) is 0. The van der Waals surface area contributed by atoms with E-state index in [0.29, 0.717) is 5.56 Å². The van der Waals surface area contributed by atoms with E-state index < -0.39 is 17.8 Å². The second-order valence-corrected chi connectivity index (χ2v) is 8.60. The number of ketones is 1. The fourth-order valence-corrected chi connectivity index (χ4v) is 4.32. The van der Waals surface area contributed by atoms with Gasteiger partial charge in [-0.15, -0.1) is 0 Å². The maximum atomic E-state index is 13.5. The summed E-state index contributed by atoms with van der Waals surface area (Å²) in [5.74, 6) is -0.101. The summed E-state index contributed by atoms with van der Waals surface area (Å²) in [6.45, 7) is 0. The van der Waals surface area contributed by atoms with Crippen LogP contribution in [-0.4, -0.2) is 11.8 Å². The molecule has 31 heavy (non-hydrogen) atoms. The number of carbonyl (C=O) groups is 1. The molecule has 0 bridgehead atoms. The summed E-state index contributed by atoms with van der Waals surface area (Å²) >= 11 is 2.96. The third kappa shape index (κ3) is 3.71. The van der Waals surface area contributed by atoms with Crippen molar-refractivity contribution in [3.63, 3.8) is 0 Å². The minimum atomic E-state index is -4.54. The lowest BCUT2D eigenvalue weighted by molar-refractivity contribution is -0.138. The van der Waals surface area contributed by atoms with Crippen LogP contribution in [0.3, 0.4) is 0 Å². The molecule has 1 aliphatic heterocycles. The predicted octanol–water partition coefficient (Wildman–Crippen LogP) is 6.38. The molecule has 3 aromatic rings. The summed E-state index contributed by atoms with van der Waals surface area (Å²) in [6.07, 6.45) is -3.60. The first-order chi connectivity index (χ1) is 14.8. The molecule has 0 aromatic heterocycles. The van der Waals surface area contributed by atoms with Gasteiger partial charge in [-0.05, 0) is 41.3 Å². The molecule has 5 rings (SSSR count). The quantitative estimate of drug-likeness (QED) is 0.463. The molecule has 0 radical (unpaired) electrons. The monoisotopic (exact) mass is 487 g/mol. The van der Waals surface area contributed by atoms with Crippen molar-refractivity contribution in [1.29, 1.82) is 0 Å². The molecule has 1 fully saturated rings. The Hall–Kier alpha value is -2.80. The highest BCUT2D eigenvalue weighted by Gasteiger charge is 2.41. The van der Waals surface area contributed by atoms with Crippen LogP contribution in [-0.2, 0) is 15.7 Å². The number of carbonyl (C=O) groups excluding carboxylic acids is 1. The van der Waals surface area contributed by atoms with Gasteiger partial charge in [0.25, 0.3) is 0 Å². The molecular weight excluding hydrogens is 471 g/mol. The minimum Gasteiger partial charge on any atom is -0.462 e. The average Bonchev–Trinajstić information content (AvgIpc) is 3.50. The fourth-order valence-electron chi connectivity index (χ4n) is 3.85. The van der Waals surface area contributed by atoms with Crippen molar-refractivity contribution >= 4 is 38.1 Å². The van der Waals surface area contributed by atoms with Gasteiger partial charge in [-0.1, -0.05) is 64.5 Å². The van der Waals surface area contributed by atoms with Crippen LogP contribution in [0.15, 0.2) is 71.0 Å². The third-order valence-electron chi connectivity index (χ3n) is 5.53. The highest BCUT2D eigenvalue weighted by molar-refractivity contribution is 9.10. The van der Waals surface area contributed by atoms with Crippen LogP contribution < -0.4 is 5.32 Å². The van der Waals surface area contributed by atoms with E-state index in [4.69, 9.17) is 4.74 Å². The van der Waals surface area contributed by atoms with Crippen LogP contribution >= 0.6 is 15.9 Å². The Balaban J connectivity index is 1.61. The zero-order valence-corrected chi connectivity index (χ0v) is 17.8. The number of nitrogens with one attached hydrogen (secondary N) is 1. The minimum absolute atomic E-state index is 0.0713. The van der Waals surface area contributed by atoms with Gasteiger partial charge in [0.1, 0.15) is 0 Å². The molecule has 1 unspecified atom stereocenters. The standard InChI is InChI=1S/C24H17BrF3NO2/c25-19-11-8-14(12-18(19)24(26,27)28)20-21(30)22(31-23(20)29-15-9-10-15)17-7-3-5-13-4-1-2-6-16(13)17/h1-8,11-12,15,22,29H,9-10H2. The number of alkyl halides is 3. The molecule has 1 saturated carbocycles. The summed E-state index contributed by atoms with van der Waals surface area (Å²) in [5.41, 5.74) is 0.209. The molecular formula is C24H17BrF3NO2. The lowest BCUT2D eigenvalue weighted by atomic mass is 9.93. The second kappa shape index (κ2) is 7.41. The normalized spacial score (nSPS) is 19.1. The van der Waals surface area contributed by atoms with Crippen molar-refractivity contribution in [3.8, 4) is 0 Å². The lowest BCUT2D eigenvalue weighted by Crippen LogP contribution is -2.17. The Kier molecular flexibility index (Phi) is 4.81. The molecule has 7 heteroatoms. The van der Waals surface area contributed by atoms with E-state index in [9.17, 15) is 18.0 Å². The van der Waals surface area contributed by atoms with Gasteiger partial charge in [-0.2, -0.15) is 13.2 Å². The number of fused-ring (bicyclic) bond motifs is 1. The van der Waals surface area contributed by atoms with Crippen LogP contribution in [0.2, 0.25) is 0 Å². The van der Waals surface area contributed by atoms with Gasteiger partial charge in [0.2, 0.25) is 5.78 Å². The van der Waals surface area contributed by atoms with Crippen molar-refractivity contribution in [1.82, 2.24) is 5.32 Å². The topological polar surface area (TPSA) is 38.3 Å².